The standard InChI is InChI=1S/C15H23NO2S/c1-11-7-8-14(9-12(11)2)19(17,18)10-15(16)13-5-3-4-6-13/h7-9,13,15H,3-6,10,16H2,1-2H3. The first kappa shape index (κ1) is 14.5. The van der Waals surface area contributed by atoms with Crippen LogP contribution < -0.4 is 5.73 Å². The van der Waals surface area contributed by atoms with Crippen LogP contribution in [-0.2, 0) is 9.84 Å². The summed E-state index contributed by atoms with van der Waals surface area (Å²) in [7, 11) is -3.26. The van der Waals surface area contributed by atoms with Gasteiger partial charge in [0.05, 0.1) is 10.6 Å². The normalized spacial score (nSPS) is 18.7. The van der Waals surface area contributed by atoms with Gasteiger partial charge in [-0.05, 0) is 55.9 Å². The molecule has 0 spiro atoms. The minimum atomic E-state index is -3.26. The summed E-state index contributed by atoms with van der Waals surface area (Å²) >= 11 is 0. The van der Waals surface area contributed by atoms with E-state index in [2.05, 4.69) is 0 Å². The van der Waals surface area contributed by atoms with E-state index in [1.165, 1.54) is 12.8 Å². The van der Waals surface area contributed by atoms with Crippen LogP contribution in [0, 0.1) is 19.8 Å². The second-order valence-electron chi connectivity index (χ2n) is 5.74. The van der Waals surface area contributed by atoms with Gasteiger partial charge in [0.15, 0.2) is 9.84 Å². The van der Waals surface area contributed by atoms with Crippen LogP contribution in [-0.4, -0.2) is 20.2 Å². The van der Waals surface area contributed by atoms with E-state index in [-0.39, 0.29) is 11.8 Å². The third-order valence-corrected chi connectivity index (χ3v) is 6.05. The van der Waals surface area contributed by atoms with Gasteiger partial charge in [-0.15, -0.1) is 0 Å². The van der Waals surface area contributed by atoms with E-state index in [4.69, 9.17) is 5.73 Å². The lowest BCUT2D eigenvalue weighted by Crippen LogP contribution is -2.35. The Balaban J connectivity index is 2.15. The van der Waals surface area contributed by atoms with Crippen molar-refractivity contribution in [3.63, 3.8) is 0 Å². The molecule has 0 saturated heterocycles. The molecule has 1 atom stereocenters. The van der Waals surface area contributed by atoms with Crippen LogP contribution in [0.15, 0.2) is 23.1 Å². The minimum Gasteiger partial charge on any atom is -0.327 e. The summed E-state index contributed by atoms with van der Waals surface area (Å²) in [6.07, 6.45) is 4.51. The summed E-state index contributed by atoms with van der Waals surface area (Å²) in [6.45, 7) is 3.92. The summed E-state index contributed by atoms with van der Waals surface area (Å²) in [4.78, 5) is 0.407. The first-order valence-electron chi connectivity index (χ1n) is 6.96. The molecule has 0 amide bonds. The smallest absolute Gasteiger partial charge is 0.179 e. The van der Waals surface area contributed by atoms with Gasteiger partial charge in [0, 0.05) is 6.04 Å². The Morgan fingerprint density at radius 2 is 1.84 bits per heavy atom. The molecule has 1 saturated carbocycles. The molecule has 2 N–H and O–H groups in total. The molecule has 19 heavy (non-hydrogen) atoms. The number of benzene rings is 1. The quantitative estimate of drug-likeness (QED) is 0.922. The van der Waals surface area contributed by atoms with Crippen LogP contribution in [0.4, 0.5) is 0 Å². The molecule has 1 fully saturated rings. The molecule has 4 heteroatoms. The molecule has 0 aliphatic heterocycles. The fourth-order valence-electron chi connectivity index (χ4n) is 2.78. The van der Waals surface area contributed by atoms with Gasteiger partial charge in [0.2, 0.25) is 0 Å². The van der Waals surface area contributed by atoms with Gasteiger partial charge >= 0.3 is 0 Å². The molecular weight excluding hydrogens is 258 g/mol. The Morgan fingerprint density at radius 1 is 1.21 bits per heavy atom. The molecule has 2 rings (SSSR count). The van der Waals surface area contributed by atoms with E-state index in [1.54, 1.807) is 12.1 Å². The van der Waals surface area contributed by atoms with Crippen LogP contribution in [0.3, 0.4) is 0 Å². The van der Waals surface area contributed by atoms with Gasteiger partial charge in [-0.25, -0.2) is 8.42 Å². The highest BCUT2D eigenvalue weighted by Crippen LogP contribution is 2.28. The highest BCUT2D eigenvalue weighted by atomic mass is 32.2. The fourth-order valence-corrected chi connectivity index (χ4v) is 4.38. The van der Waals surface area contributed by atoms with Crippen LogP contribution in [0.25, 0.3) is 0 Å². The van der Waals surface area contributed by atoms with Crippen molar-refractivity contribution in [3.05, 3.63) is 29.3 Å². The Morgan fingerprint density at radius 3 is 2.42 bits per heavy atom. The van der Waals surface area contributed by atoms with Gasteiger partial charge in [0.25, 0.3) is 0 Å². The number of hydrogen-bond acceptors (Lipinski definition) is 3. The van der Waals surface area contributed by atoms with Crippen molar-refractivity contribution in [2.75, 3.05) is 5.75 Å². The van der Waals surface area contributed by atoms with Crippen molar-refractivity contribution in [1.29, 1.82) is 0 Å². The summed E-state index contributed by atoms with van der Waals surface area (Å²) in [5, 5.41) is 0. The molecule has 1 aromatic carbocycles. The van der Waals surface area contributed by atoms with Gasteiger partial charge < -0.3 is 5.73 Å². The summed E-state index contributed by atoms with van der Waals surface area (Å²) in [5.74, 6) is 0.446. The zero-order chi connectivity index (χ0) is 14.0. The average molecular weight is 281 g/mol. The Labute approximate surface area is 116 Å². The summed E-state index contributed by atoms with van der Waals surface area (Å²) < 4.78 is 24.8. The third kappa shape index (κ3) is 3.37. The monoisotopic (exact) mass is 281 g/mol. The average Bonchev–Trinajstić information content (AvgIpc) is 2.85. The Bertz CT molecular complexity index is 545. The molecule has 1 unspecified atom stereocenters. The van der Waals surface area contributed by atoms with Crippen LogP contribution in [0.2, 0.25) is 0 Å². The molecule has 1 aromatic rings. The van der Waals surface area contributed by atoms with Gasteiger partial charge in [0.1, 0.15) is 0 Å². The van der Waals surface area contributed by atoms with Crippen molar-refractivity contribution in [2.24, 2.45) is 11.7 Å². The second-order valence-corrected chi connectivity index (χ2v) is 7.77. The van der Waals surface area contributed by atoms with Crippen LogP contribution in [0.1, 0.15) is 36.8 Å². The highest BCUT2D eigenvalue weighted by Gasteiger charge is 2.27. The maximum absolute atomic E-state index is 12.4. The predicted molar refractivity (Wildman–Crippen MR) is 77.9 cm³/mol. The zero-order valence-electron chi connectivity index (χ0n) is 11.7. The summed E-state index contributed by atoms with van der Waals surface area (Å²) in [5.41, 5.74) is 8.21. The highest BCUT2D eigenvalue weighted by molar-refractivity contribution is 7.91. The molecule has 3 nitrogen and oxygen atoms in total. The fraction of sp³-hybridized carbons (Fsp3) is 0.600. The van der Waals surface area contributed by atoms with E-state index in [0.717, 1.165) is 24.0 Å². The lowest BCUT2D eigenvalue weighted by molar-refractivity contribution is 0.455. The predicted octanol–water partition coefficient (Wildman–Crippen LogP) is 2.59. The van der Waals surface area contributed by atoms with Crippen molar-refractivity contribution >= 4 is 9.84 Å². The third-order valence-electron chi connectivity index (χ3n) is 4.25. The molecule has 0 bridgehead atoms. The largest absolute Gasteiger partial charge is 0.327 e. The number of rotatable bonds is 4. The first-order valence-corrected chi connectivity index (χ1v) is 8.61. The SMILES string of the molecule is Cc1ccc(S(=O)(=O)CC(N)C2CCCC2)cc1C. The minimum absolute atomic E-state index is 0.0696. The maximum atomic E-state index is 12.4. The number of aryl methyl sites for hydroxylation is 2. The lowest BCUT2D eigenvalue weighted by atomic mass is 10.0. The van der Waals surface area contributed by atoms with E-state index < -0.39 is 9.84 Å². The Hall–Kier alpha value is -0.870. The van der Waals surface area contributed by atoms with Gasteiger partial charge in [-0.2, -0.15) is 0 Å². The number of nitrogens with two attached hydrogens (primary N) is 1. The molecule has 0 aromatic heterocycles. The summed E-state index contributed by atoms with van der Waals surface area (Å²) in [6, 6.07) is 5.09. The van der Waals surface area contributed by atoms with Crippen molar-refractivity contribution < 1.29 is 8.42 Å². The molecule has 1 aliphatic carbocycles. The molecule has 1 aliphatic rings. The number of sulfone groups is 1. The molecule has 0 radical (unpaired) electrons. The van der Waals surface area contributed by atoms with Gasteiger partial charge in [-0.1, -0.05) is 18.9 Å². The lowest BCUT2D eigenvalue weighted by Gasteiger charge is -2.19. The molecular formula is C15H23NO2S. The maximum Gasteiger partial charge on any atom is 0.179 e. The number of hydrogen-bond donors (Lipinski definition) is 1. The second kappa shape index (κ2) is 5.63. The van der Waals surface area contributed by atoms with Crippen LogP contribution in [0.5, 0.6) is 0 Å². The topological polar surface area (TPSA) is 60.2 Å². The van der Waals surface area contributed by atoms with Crippen molar-refractivity contribution in [2.45, 2.75) is 50.5 Å². The zero-order valence-corrected chi connectivity index (χ0v) is 12.5. The van der Waals surface area contributed by atoms with E-state index in [9.17, 15) is 8.42 Å². The van der Waals surface area contributed by atoms with E-state index >= 15 is 0 Å². The van der Waals surface area contributed by atoms with E-state index in [1.807, 2.05) is 19.9 Å². The van der Waals surface area contributed by atoms with Crippen molar-refractivity contribution in [3.8, 4) is 0 Å². The van der Waals surface area contributed by atoms with Crippen molar-refractivity contribution in [1.82, 2.24) is 0 Å². The molecule has 0 heterocycles. The first-order chi connectivity index (χ1) is 8.90. The van der Waals surface area contributed by atoms with Crippen LogP contribution >= 0.6 is 0 Å². The van der Waals surface area contributed by atoms with E-state index in [0.29, 0.717) is 10.8 Å². The molecule has 106 valence electrons. The Kier molecular flexibility index (Phi) is 4.31. The van der Waals surface area contributed by atoms with Gasteiger partial charge in [-0.3, -0.25) is 0 Å².